The molecule has 1 N–H and O–H groups in total. The standard InChI is InChI=1S/C25H25ClN6O5/c1-16-14-19(9-10-20(16)37-21-4-3-12-27-30-21)28-23-29-24(34)31(13-11-22(33)36-2)25(35)32(23)15-17-5-7-18(26)8-6-17/h3-5,7-10,12,14,17H,6,11,13,15H2,1-2H3,(H,28,29,34). The first-order chi connectivity index (χ1) is 17.8. The SMILES string of the molecule is COC(=O)CCn1c(=O)[nH]/c(=N\c2ccc(Oc3cccnn3)c(C)c2)n(CC2C=CC(Cl)=CC2)c1=O. The number of benzene rings is 1. The van der Waals surface area contributed by atoms with Gasteiger partial charge in [0.15, 0.2) is 0 Å². The second-order valence-electron chi connectivity index (χ2n) is 8.29. The van der Waals surface area contributed by atoms with Crippen molar-refractivity contribution in [3.05, 3.63) is 91.9 Å². The number of aromatic amines is 1. The van der Waals surface area contributed by atoms with E-state index >= 15 is 0 Å². The fraction of sp³-hybridized carbons (Fsp3) is 0.280. The molecule has 1 unspecified atom stereocenters. The van der Waals surface area contributed by atoms with Crippen molar-refractivity contribution in [3.8, 4) is 11.6 Å². The predicted molar refractivity (Wildman–Crippen MR) is 136 cm³/mol. The Morgan fingerprint density at radius 3 is 2.78 bits per heavy atom. The molecule has 192 valence electrons. The van der Waals surface area contributed by atoms with Gasteiger partial charge in [-0.15, -0.1) is 5.10 Å². The Morgan fingerprint density at radius 1 is 1.27 bits per heavy atom. The van der Waals surface area contributed by atoms with Crippen LogP contribution in [0.25, 0.3) is 0 Å². The lowest BCUT2D eigenvalue weighted by molar-refractivity contribution is -0.140. The quantitative estimate of drug-likeness (QED) is 0.448. The fourth-order valence-corrected chi connectivity index (χ4v) is 3.87. The third-order valence-electron chi connectivity index (χ3n) is 5.66. The van der Waals surface area contributed by atoms with Crippen molar-refractivity contribution < 1.29 is 14.3 Å². The first kappa shape index (κ1) is 25.8. The highest BCUT2D eigenvalue weighted by molar-refractivity contribution is 6.31. The van der Waals surface area contributed by atoms with Gasteiger partial charge in [0.1, 0.15) is 5.75 Å². The lowest BCUT2D eigenvalue weighted by Gasteiger charge is -2.17. The molecule has 37 heavy (non-hydrogen) atoms. The minimum Gasteiger partial charge on any atom is -0.469 e. The first-order valence-electron chi connectivity index (χ1n) is 11.5. The number of carbonyl (C=O) groups excluding carboxylic acids is 1. The van der Waals surface area contributed by atoms with Crippen LogP contribution in [-0.2, 0) is 22.6 Å². The Kier molecular flexibility index (Phi) is 8.14. The number of halogens is 1. The predicted octanol–water partition coefficient (Wildman–Crippen LogP) is 2.72. The summed E-state index contributed by atoms with van der Waals surface area (Å²) < 4.78 is 12.8. The monoisotopic (exact) mass is 524 g/mol. The molecule has 12 heteroatoms. The molecular weight excluding hydrogens is 500 g/mol. The van der Waals surface area contributed by atoms with E-state index in [1.165, 1.54) is 11.7 Å². The molecule has 11 nitrogen and oxygen atoms in total. The number of aryl methyl sites for hydroxylation is 1. The average Bonchev–Trinajstić information content (AvgIpc) is 2.89. The lowest BCUT2D eigenvalue weighted by atomic mass is 10.0. The van der Waals surface area contributed by atoms with E-state index in [9.17, 15) is 14.4 Å². The van der Waals surface area contributed by atoms with Crippen LogP contribution in [0.5, 0.6) is 11.6 Å². The van der Waals surface area contributed by atoms with Crippen LogP contribution < -0.4 is 21.7 Å². The summed E-state index contributed by atoms with van der Waals surface area (Å²) in [6, 6.07) is 8.59. The van der Waals surface area contributed by atoms with E-state index in [0.29, 0.717) is 28.8 Å². The van der Waals surface area contributed by atoms with E-state index in [0.717, 1.165) is 10.1 Å². The number of hydrogen-bond acceptors (Lipinski definition) is 8. The highest BCUT2D eigenvalue weighted by Crippen LogP contribution is 2.27. The summed E-state index contributed by atoms with van der Waals surface area (Å²) in [6.45, 7) is 1.97. The Bertz CT molecular complexity index is 1540. The first-order valence-corrected chi connectivity index (χ1v) is 11.9. The van der Waals surface area contributed by atoms with Gasteiger partial charge in [0, 0.05) is 30.4 Å². The normalized spacial score (nSPS) is 15.4. The number of aromatic nitrogens is 5. The summed E-state index contributed by atoms with van der Waals surface area (Å²) in [7, 11) is 1.25. The van der Waals surface area contributed by atoms with Gasteiger partial charge in [-0.25, -0.2) is 19.1 Å². The highest BCUT2D eigenvalue weighted by Gasteiger charge is 2.16. The molecule has 0 saturated heterocycles. The van der Waals surface area contributed by atoms with E-state index < -0.39 is 17.3 Å². The van der Waals surface area contributed by atoms with Crippen LogP contribution in [0.1, 0.15) is 18.4 Å². The third-order valence-corrected chi connectivity index (χ3v) is 5.95. The Balaban J connectivity index is 1.72. The number of carbonyl (C=O) groups is 1. The number of allylic oxidation sites excluding steroid dienone is 4. The molecule has 3 aromatic rings. The van der Waals surface area contributed by atoms with Crippen LogP contribution in [-0.4, -0.2) is 37.4 Å². The summed E-state index contributed by atoms with van der Waals surface area (Å²) in [5, 5.41) is 8.33. The molecule has 2 heterocycles. The Morgan fingerprint density at radius 2 is 2.11 bits per heavy atom. The summed E-state index contributed by atoms with van der Waals surface area (Å²) in [5.74, 6) is 0.345. The van der Waals surface area contributed by atoms with Gasteiger partial charge in [-0.3, -0.25) is 14.3 Å². The summed E-state index contributed by atoms with van der Waals surface area (Å²) in [6.07, 6.45) is 7.60. The topological polar surface area (TPSA) is 133 Å². The smallest absolute Gasteiger partial charge is 0.335 e. The number of esters is 1. The van der Waals surface area contributed by atoms with Crippen LogP contribution in [0.15, 0.2) is 74.4 Å². The number of hydrogen-bond donors (Lipinski definition) is 1. The van der Waals surface area contributed by atoms with Gasteiger partial charge < -0.3 is 9.47 Å². The van der Waals surface area contributed by atoms with Gasteiger partial charge >= 0.3 is 17.3 Å². The van der Waals surface area contributed by atoms with Crippen LogP contribution in [0.4, 0.5) is 5.69 Å². The minimum atomic E-state index is -0.676. The molecule has 1 aliphatic rings. The van der Waals surface area contributed by atoms with Crippen molar-refractivity contribution in [2.24, 2.45) is 10.9 Å². The third kappa shape index (κ3) is 6.50. The molecule has 0 spiro atoms. The van der Waals surface area contributed by atoms with Crippen molar-refractivity contribution in [2.45, 2.75) is 32.9 Å². The molecular formula is C25H25ClN6O5. The largest absolute Gasteiger partial charge is 0.469 e. The maximum Gasteiger partial charge on any atom is 0.335 e. The second kappa shape index (κ2) is 11.7. The van der Waals surface area contributed by atoms with E-state index in [1.54, 1.807) is 42.6 Å². The molecule has 0 radical (unpaired) electrons. The minimum absolute atomic E-state index is 0.0430. The lowest BCUT2D eigenvalue weighted by Crippen LogP contribution is -2.50. The van der Waals surface area contributed by atoms with Crippen LogP contribution in [0, 0.1) is 12.8 Å². The molecule has 4 rings (SSSR count). The number of ether oxygens (including phenoxy) is 2. The van der Waals surface area contributed by atoms with Crippen LogP contribution in [0.2, 0.25) is 0 Å². The van der Waals surface area contributed by atoms with Crippen molar-refractivity contribution in [1.82, 2.24) is 24.3 Å². The van der Waals surface area contributed by atoms with Gasteiger partial charge in [0.25, 0.3) is 0 Å². The maximum atomic E-state index is 13.4. The summed E-state index contributed by atoms with van der Waals surface area (Å²) in [4.78, 5) is 45.0. The van der Waals surface area contributed by atoms with Crippen molar-refractivity contribution in [2.75, 3.05) is 7.11 Å². The number of nitrogens with zero attached hydrogens (tertiary/aromatic N) is 5. The number of methoxy groups -OCH3 is 1. The van der Waals surface area contributed by atoms with E-state index in [4.69, 9.17) is 16.3 Å². The molecule has 1 aromatic carbocycles. The van der Waals surface area contributed by atoms with Crippen LogP contribution in [0.3, 0.4) is 0 Å². The molecule has 0 saturated carbocycles. The number of H-pyrrole nitrogens is 1. The Labute approximate surface area is 216 Å². The summed E-state index contributed by atoms with van der Waals surface area (Å²) >= 11 is 6.04. The van der Waals surface area contributed by atoms with E-state index in [-0.39, 0.29) is 31.0 Å². The molecule has 0 amide bonds. The molecule has 0 fully saturated rings. The zero-order valence-electron chi connectivity index (χ0n) is 20.3. The second-order valence-corrected chi connectivity index (χ2v) is 8.73. The zero-order chi connectivity index (χ0) is 26.4. The van der Waals surface area contributed by atoms with Gasteiger partial charge in [-0.1, -0.05) is 23.8 Å². The molecule has 1 aliphatic carbocycles. The molecule has 1 atom stereocenters. The number of nitrogens with one attached hydrogen (secondary N) is 1. The molecule has 0 bridgehead atoms. The highest BCUT2D eigenvalue weighted by atomic mass is 35.5. The van der Waals surface area contributed by atoms with Crippen molar-refractivity contribution in [3.63, 3.8) is 0 Å². The molecule has 0 aliphatic heterocycles. The van der Waals surface area contributed by atoms with Gasteiger partial charge in [0.05, 0.1) is 19.2 Å². The number of rotatable bonds is 8. The van der Waals surface area contributed by atoms with Crippen molar-refractivity contribution >= 4 is 23.3 Å². The van der Waals surface area contributed by atoms with Crippen LogP contribution >= 0.6 is 11.6 Å². The van der Waals surface area contributed by atoms with Gasteiger partial charge in [-0.2, -0.15) is 5.10 Å². The van der Waals surface area contributed by atoms with E-state index in [2.05, 4.69) is 24.9 Å². The van der Waals surface area contributed by atoms with E-state index in [1.807, 2.05) is 19.1 Å². The Hall–Kier alpha value is -4.25. The average molecular weight is 525 g/mol. The molecule has 2 aromatic heterocycles. The maximum absolute atomic E-state index is 13.4. The van der Waals surface area contributed by atoms with Crippen molar-refractivity contribution in [1.29, 1.82) is 0 Å². The fourth-order valence-electron chi connectivity index (χ4n) is 3.71. The summed E-state index contributed by atoms with van der Waals surface area (Å²) in [5.41, 5.74) is 0.0925. The zero-order valence-corrected chi connectivity index (χ0v) is 21.0. The van der Waals surface area contributed by atoms with Gasteiger partial charge in [-0.05, 0) is 55.2 Å². The van der Waals surface area contributed by atoms with Gasteiger partial charge in [0.2, 0.25) is 11.5 Å².